The van der Waals surface area contributed by atoms with Gasteiger partial charge in [-0.1, -0.05) is 11.6 Å². The van der Waals surface area contributed by atoms with Crippen LogP contribution in [0.2, 0.25) is 5.02 Å². The summed E-state index contributed by atoms with van der Waals surface area (Å²) in [6.45, 7) is 1.96. The summed E-state index contributed by atoms with van der Waals surface area (Å²) in [6.07, 6.45) is 6.72. The summed E-state index contributed by atoms with van der Waals surface area (Å²) in [6, 6.07) is -0.121. The summed E-state index contributed by atoms with van der Waals surface area (Å²) in [7, 11) is 1.84. The summed E-state index contributed by atoms with van der Waals surface area (Å²) < 4.78 is 5.09. The molecule has 8 nitrogen and oxygen atoms in total. The van der Waals surface area contributed by atoms with Crippen molar-refractivity contribution in [1.82, 2.24) is 39.1 Å². The largest absolute Gasteiger partial charge is 0.261 e. The van der Waals surface area contributed by atoms with Crippen molar-refractivity contribution in [2.45, 2.75) is 13.0 Å². The molecule has 4 aromatic rings. The van der Waals surface area contributed by atoms with Crippen molar-refractivity contribution in [2.75, 3.05) is 0 Å². The Morgan fingerprint density at radius 3 is 2.81 bits per heavy atom. The quantitative estimate of drug-likeness (QED) is 0.560. The molecule has 4 rings (SSSR count). The first-order valence-corrected chi connectivity index (χ1v) is 6.74. The van der Waals surface area contributed by atoms with Gasteiger partial charge in [0.25, 0.3) is 0 Å². The van der Waals surface area contributed by atoms with Crippen LogP contribution in [-0.4, -0.2) is 39.1 Å². The van der Waals surface area contributed by atoms with Crippen LogP contribution < -0.4 is 0 Å². The van der Waals surface area contributed by atoms with Gasteiger partial charge in [-0.15, -0.1) is 5.10 Å². The van der Waals surface area contributed by atoms with E-state index in [0.717, 1.165) is 16.7 Å². The van der Waals surface area contributed by atoms with E-state index in [1.165, 1.54) is 0 Å². The second kappa shape index (κ2) is 4.26. The van der Waals surface area contributed by atoms with Crippen molar-refractivity contribution < 1.29 is 0 Å². The molecule has 4 heterocycles. The lowest BCUT2D eigenvalue weighted by Gasteiger charge is -2.06. The number of aryl methyl sites for hydroxylation is 1. The highest BCUT2D eigenvalue weighted by Gasteiger charge is 2.17. The van der Waals surface area contributed by atoms with E-state index in [2.05, 4.69) is 25.3 Å². The zero-order valence-electron chi connectivity index (χ0n) is 11.3. The van der Waals surface area contributed by atoms with Crippen molar-refractivity contribution in [2.24, 2.45) is 7.05 Å². The molecular weight excluding hydrogens is 292 g/mol. The average Bonchev–Trinajstić information content (AvgIpc) is 3.16. The number of rotatable bonds is 2. The Morgan fingerprint density at radius 1 is 1.19 bits per heavy atom. The van der Waals surface area contributed by atoms with Crippen LogP contribution in [0.5, 0.6) is 0 Å². The van der Waals surface area contributed by atoms with Crippen LogP contribution in [0.15, 0.2) is 24.9 Å². The molecule has 21 heavy (non-hydrogen) atoms. The van der Waals surface area contributed by atoms with Gasteiger partial charge in [0.15, 0.2) is 17.1 Å². The highest BCUT2D eigenvalue weighted by atomic mass is 35.5. The number of fused-ring (bicyclic) bond motifs is 3. The van der Waals surface area contributed by atoms with Gasteiger partial charge >= 0.3 is 0 Å². The van der Waals surface area contributed by atoms with E-state index in [1.807, 2.05) is 14.0 Å². The highest BCUT2D eigenvalue weighted by Crippen LogP contribution is 2.20. The molecular formula is C12H11ClN8. The first kappa shape index (κ1) is 12.3. The summed E-state index contributed by atoms with van der Waals surface area (Å²) in [5, 5.41) is 14.3. The minimum atomic E-state index is -0.121. The molecule has 0 spiro atoms. The molecule has 9 heteroatoms. The molecule has 0 aliphatic heterocycles. The van der Waals surface area contributed by atoms with Crippen molar-refractivity contribution in [3.05, 3.63) is 35.8 Å². The van der Waals surface area contributed by atoms with Crippen LogP contribution >= 0.6 is 11.6 Å². The average molecular weight is 303 g/mol. The van der Waals surface area contributed by atoms with Crippen LogP contribution in [0.25, 0.3) is 16.7 Å². The molecule has 4 aromatic heterocycles. The Bertz CT molecular complexity index is 949. The van der Waals surface area contributed by atoms with Crippen molar-refractivity contribution in [3.63, 3.8) is 0 Å². The molecule has 0 saturated carbocycles. The standard InChI is InChI=1S/C12H11ClN8/c1-7(20-5-8(13)3-16-20)10-17-12-9-4-15-19(2)11(9)14-6-21(12)18-10/h3-7H,1-2H3/t7-/m1/s1. The van der Waals surface area contributed by atoms with Crippen molar-refractivity contribution in [1.29, 1.82) is 0 Å². The fraction of sp³-hybridized carbons (Fsp3) is 0.250. The van der Waals surface area contributed by atoms with E-state index in [-0.39, 0.29) is 6.04 Å². The number of aromatic nitrogens is 8. The molecule has 0 fully saturated rings. The smallest absolute Gasteiger partial charge is 0.176 e. The van der Waals surface area contributed by atoms with Gasteiger partial charge in [-0.3, -0.25) is 9.36 Å². The van der Waals surface area contributed by atoms with Crippen LogP contribution in [0, 0.1) is 0 Å². The molecule has 0 bridgehead atoms. The lowest BCUT2D eigenvalue weighted by Crippen LogP contribution is -2.09. The Balaban J connectivity index is 1.88. The van der Waals surface area contributed by atoms with Crippen LogP contribution in [0.4, 0.5) is 0 Å². The summed E-state index contributed by atoms with van der Waals surface area (Å²) in [5.41, 5.74) is 1.50. The van der Waals surface area contributed by atoms with Gasteiger partial charge in [0.1, 0.15) is 12.4 Å². The minimum absolute atomic E-state index is 0.121. The van der Waals surface area contributed by atoms with E-state index < -0.39 is 0 Å². The highest BCUT2D eigenvalue weighted by molar-refractivity contribution is 6.30. The fourth-order valence-corrected chi connectivity index (χ4v) is 2.42. The normalized spacial score (nSPS) is 13.3. The third kappa shape index (κ3) is 1.79. The Kier molecular flexibility index (Phi) is 2.49. The number of hydrogen-bond donors (Lipinski definition) is 0. The molecule has 106 valence electrons. The Labute approximate surface area is 124 Å². The maximum Gasteiger partial charge on any atom is 0.176 e. The summed E-state index contributed by atoms with van der Waals surface area (Å²) in [4.78, 5) is 8.93. The third-order valence-electron chi connectivity index (χ3n) is 3.43. The molecule has 0 aliphatic rings. The second-order valence-corrected chi connectivity index (χ2v) is 5.24. The molecule has 0 saturated heterocycles. The first-order chi connectivity index (χ1) is 10.1. The van der Waals surface area contributed by atoms with E-state index in [9.17, 15) is 0 Å². The number of halogens is 1. The summed E-state index contributed by atoms with van der Waals surface area (Å²) >= 11 is 5.90. The lowest BCUT2D eigenvalue weighted by atomic mass is 10.3. The fourth-order valence-electron chi connectivity index (χ4n) is 2.28. The van der Waals surface area contributed by atoms with Gasteiger partial charge in [0.2, 0.25) is 0 Å². The molecule has 0 amide bonds. The van der Waals surface area contributed by atoms with E-state index in [4.69, 9.17) is 11.6 Å². The SMILES string of the molecule is C[C@H](c1nc2c3cnn(C)c3ncn2n1)n1cc(Cl)cn1. The van der Waals surface area contributed by atoms with Gasteiger partial charge in [0.05, 0.1) is 22.8 Å². The molecule has 0 unspecified atom stereocenters. The zero-order chi connectivity index (χ0) is 14.6. The van der Waals surface area contributed by atoms with E-state index >= 15 is 0 Å². The maximum absolute atomic E-state index is 5.90. The van der Waals surface area contributed by atoms with Gasteiger partial charge < -0.3 is 0 Å². The van der Waals surface area contributed by atoms with Crippen LogP contribution in [0.1, 0.15) is 18.8 Å². The Morgan fingerprint density at radius 2 is 2.05 bits per heavy atom. The maximum atomic E-state index is 5.90. The van der Waals surface area contributed by atoms with Crippen molar-refractivity contribution >= 4 is 28.3 Å². The second-order valence-electron chi connectivity index (χ2n) is 4.80. The predicted octanol–water partition coefficient (Wildman–Crippen LogP) is 1.47. The first-order valence-electron chi connectivity index (χ1n) is 6.36. The minimum Gasteiger partial charge on any atom is -0.261 e. The topological polar surface area (TPSA) is 78.7 Å². The van der Waals surface area contributed by atoms with E-state index in [0.29, 0.717) is 10.8 Å². The van der Waals surface area contributed by atoms with Gasteiger partial charge in [-0.05, 0) is 6.92 Å². The lowest BCUT2D eigenvalue weighted by molar-refractivity contribution is 0.536. The van der Waals surface area contributed by atoms with Crippen LogP contribution in [0.3, 0.4) is 0 Å². The number of hydrogen-bond acceptors (Lipinski definition) is 5. The monoisotopic (exact) mass is 302 g/mol. The third-order valence-corrected chi connectivity index (χ3v) is 3.62. The molecule has 0 aliphatic carbocycles. The van der Waals surface area contributed by atoms with E-state index in [1.54, 1.807) is 38.8 Å². The summed E-state index contributed by atoms with van der Waals surface area (Å²) in [5.74, 6) is 0.646. The van der Waals surface area contributed by atoms with Gasteiger partial charge in [-0.25, -0.2) is 14.5 Å². The molecule has 1 atom stereocenters. The molecule has 0 aromatic carbocycles. The van der Waals surface area contributed by atoms with Crippen molar-refractivity contribution in [3.8, 4) is 0 Å². The molecule has 0 radical (unpaired) electrons. The van der Waals surface area contributed by atoms with Crippen LogP contribution in [-0.2, 0) is 7.05 Å². The predicted molar refractivity (Wildman–Crippen MR) is 76.1 cm³/mol. The molecule has 0 N–H and O–H groups in total. The Hall–Kier alpha value is -2.48. The van der Waals surface area contributed by atoms with Gasteiger partial charge in [0, 0.05) is 13.2 Å². The number of nitrogens with zero attached hydrogens (tertiary/aromatic N) is 8. The zero-order valence-corrected chi connectivity index (χ0v) is 12.1. The van der Waals surface area contributed by atoms with Gasteiger partial charge in [-0.2, -0.15) is 10.2 Å².